The number of rotatable bonds is 5. The Morgan fingerprint density at radius 1 is 1.14 bits per heavy atom. The normalized spacial score (nSPS) is 10.4. The van der Waals surface area contributed by atoms with Gasteiger partial charge >= 0.3 is 0 Å². The third kappa shape index (κ3) is 2.98. The van der Waals surface area contributed by atoms with E-state index >= 15 is 0 Å². The van der Waals surface area contributed by atoms with Gasteiger partial charge in [0.25, 0.3) is 5.91 Å². The van der Waals surface area contributed by atoms with Crippen molar-refractivity contribution >= 4 is 5.91 Å². The van der Waals surface area contributed by atoms with E-state index in [-0.39, 0.29) is 0 Å². The molecule has 0 fully saturated rings. The van der Waals surface area contributed by atoms with E-state index in [1.807, 2.05) is 36.4 Å². The molecule has 3 aromatic rings. The lowest BCUT2D eigenvalue weighted by Crippen LogP contribution is -2.13. The number of hydrogen-bond acceptors (Lipinski definition) is 3. The number of nitrogens with one attached hydrogen (secondary N) is 1. The van der Waals surface area contributed by atoms with Gasteiger partial charge in [-0.25, -0.2) is 0 Å². The Bertz CT molecular complexity index is 768. The summed E-state index contributed by atoms with van der Waals surface area (Å²) in [6.07, 6.45) is 3.49. The molecule has 1 aromatic heterocycles. The Morgan fingerprint density at radius 2 is 1.95 bits per heavy atom. The predicted molar refractivity (Wildman–Crippen MR) is 83.3 cm³/mol. The quantitative estimate of drug-likeness (QED) is 0.759. The minimum atomic E-state index is -0.512. The van der Waals surface area contributed by atoms with Crippen LogP contribution >= 0.6 is 0 Å². The van der Waals surface area contributed by atoms with E-state index in [1.165, 1.54) is 0 Å². The second-order valence-corrected chi connectivity index (χ2v) is 4.84. The first-order valence-electron chi connectivity index (χ1n) is 6.84. The van der Waals surface area contributed by atoms with Gasteiger partial charge in [-0.1, -0.05) is 36.4 Å². The summed E-state index contributed by atoms with van der Waals surface area (Å²) in [6.45, 7) is 0.371. The summed E-state index contributed by atoms with van der Waals surface area (Å²) in [5, 5.41) is 6.68. The third-order valence-corrected chi connectivity index (χ3v) is 3.32. The van der Waals surface area contributed by atoms with Crippen LogP contribution in [0.5, 0.6) is 5.75 Å². The van der Waals surface area contributed by atoms with E-state index in [1.54, 1.807) is 24.5 Å². The molecular weight excluding hydrogens is 278 g/mol. The van der Waals surface area contributed by atoms with Crippen molar-refractivity contribution in [2.45, 2.75) is 6.61 Å². The van der Waals surface area contributed by atoms with Gasteiger partial charge in [0.15, 0.2) is 0 Å². The predicted octanol–water partition coefficient (Wildman–Crippen LogP) is 2.75. The molecule has 2 aromatic carbocycles. The second kappa shape index (κ2) is 6.13. The molecule has 0 aliphatic carbocycles. The van der Waals surface area contributed by atoms with Gasteiger partial charge in [-0.15, -0.1) is 0 Å². The van der Waals surface area contributed by atoms with Crippen LogP contribution in [-0.2, 0) is 6.61 Å². The maximum Gasteiger partial charge on any atom is 0.252 e. The molecule has 0 aliphatic rings. The van der Waals surface area contributed by atoms with Crippen LogP contribution in [0.4, 0.5) is 0 Å². The van der Waals surface area contributed by atoms with Crippen molar-refractivity contribution in [3.8, 4) is 16.9 Å². The van der Waals surface area contributed by atoms with Crippen LogP contribution in [0.25, 0.3) is 11.1 Å². The summed E-state index contributed by atoms with van der Waals surface area (Å²) in [7, 11) is 0. The summed E-state index contributed by atoms with van der Waals surface area (Å²) in [6, 6.07) is 15.0. The topological polar surface area (TPSA) is 81.0 Å². The minimum absolute atomic E-state index is 0.364. The van der Waals surface area contributed by atoms with Crippen molar-refractivity contribution < 1.29 is 9.53 Å². The van der Waals surface area contributed by atoms with Gasteiger partial charge in [0.05, 0.1) is 11.8 Å². The van der Waals surface area contributed by atoms with Crippen LogP contribution in [-0.4, -0.2) is 16.1 Å². The highest BCUT2D eigenvalue weighted by Crippen LogP contribution is 2.27. The number of primary amides is 1. The number of hydrogen-bond donors (Lipinski definition) is 2. The Kier molecular flexibility index (Phi) is 3.87. The van der Waals surface area contributed by atoms with Crippen LogP contribution in [0.3, 0.4) is 0 Å². The molecule has 0 radical (unpaired) electrons. The van der Waals surface area contributed by atoms with Crippen molar-refractivity contribution in [1.29, 1.82) is 0 Å². The van der Waals surface area contributed by atoms with Crippen molar-refractivity contribution in [2.75, 3.05) is 0 Å². The Morgan fingerprint density at radius 3 is 2.64 bits per heavy atom. The zero-order valence-corrected chi connectivity index (χ0v) is 11.8. The molecule has 0 atom stereocenters. The first-order chi connectivity index (χ1) is 10.7. The number of nitrogens with two attached hydrogens (primary N) is 1. The fraction of sp³-hybridized carbons (Fsp3) is 0.0588. The molecule has 0 saturated heterocycles. The lowest BCUT2D eigenvalue weighted by Gasteiger charge is -2.11. The van der Waals surface area contributed by atoms with Crippen LogP contribution in [0.2, 0.25) is 0 Å². The van der Waals surface area contributed by atoms with E-state index in [0.717, 1.165) is 16.7 Å². The number of aromatic amines is 1. The molecule has 110 valence electrons. The highest BCUT2D eigenvalue weighted by Gasteiger charge is 2.12. The average molecular weight is 293 g/mol. The number of benzene rings is 2. The smallest absolute Gasteiger partial charge is 0.252 e. The van der Waals surface area contributed by atoms with Crippen LogP contribution in [0.15, 0.2) is 60.9 Å². The highest BCUT2D eigenvalue weighted by molar-refractivity contribution is 5.96. The van der Waals surface area contributed by atoms with Crippen LogP contribution in [0, 0.1) is 0 Å². The number of H-pyrrole nitrogens is 1. The Labute approximate surface area is 127 Å². The van der Waals surface area contributed by atoms with Crippen LogP contribution < -0.4 is 10.5 Å². The zero-order chi connectivity index (χ0) is 15.4. The standard InChI is InChI=1S/C17H15N3O2/c18-17(21)15-7-6-13(14-9-19-20-10-14)8-16(15)22-11-12-4-2-1-3-5-12/h1-10H,11H2,(H2,18,21)(H,19,20). The fourth-order valence-electron chi connectivity index (χ4n) is 2.17. The van der Waals surface area contributed by atoms with E-state index in [2.05, 4.69) is 10.2 Å². The maximum absolute atomic E-state index is 11.6. The molecule has 3 rings (SSSR count). The van der Waals surface area contributed by atoms with Crippen LogP contribution in [0.1, 0.15) is 15.9 Å². The SMILES string of the molecule is NC(=O)c1ccc(-c2cn[nH]c2)cc1OCc1ccccc1. The molecule has 22 heavy (non-hydrogen) atoms. The summed E-state index contributed by atoms with van der Waals surface area (Å²) in [5.41, 5.74) is 8.62. The van der Waals surface area contributed by atoms with Gasteiger partial charge in [0, 0.05) is 11.8 Å². The number of carbonyl (C=O) groups excluding carboxylic acids is 1. The number of amides is 1. The first kappa shape index (κ1) is 13.9. The summed E-state index contributed by atoms with van der Waals surface area (Å²) in [5.74, 6) is -0.0446. The van der Waals surface area contributed by atoms with Gasteiger partial charge in [-0.2, -0.15) is 5.10 Å². The van der Waals surface area contributed by atoms with E-state index in [0.29, 0.717) is 17.9 Å². The summed E-state index contributed by atoms with van der Waals surface area (Å²) in [4.78, 5) is 11.6. The molecule has 0 bridgehead atoms. The van der Waals surface area contributed by atoms with Crippen molar-refractivity contribution in [3.63, 3.8) is 0 Å². The van der Waals surface area contributed by atoms with Gasteiger partial charge in [-0.3, -0.25) is 9.89 Å². The Balaban J connectivity index is 1.89. The molecule has 5 nitrogen and oxygen atoms in total. The second-order valence-electron chi connectivity index (χ2n) is 4.84. The zero-order valence-electron chi connectivity index (χ0n) is 11.8. The largest absolute Gasteiger partial charge is 0.488 e. The number of carbonyl (C=O) groups is 1. The summed E-state index contributed by atoms with van der Waals surface area (Å²) < 4.78 is 5.79. The first-order valence-corrected chi connectivity index (χ1v) is 6.84. The average Bonchev–Trinajstić information content (AvgIpc) is 3.08. The molecular formula is C17H15N3O2. The number of ether oxygens (including phenoxy) is 1. The highest BCUT2D eigenvalue weighted by atomic mass is 16.5. The van der Waals surface area contributed by atoms with Crippen molar-refractivity contribution in [3.05, 3.63) is 72.1 Å². The number of aromatic nitrogens is 2. The minimum Gasteiger partial charge on any atom is -0.488 e. The molecule has 0 spiro atoms. The molecule has 1 amide bonds. The monoisotopic (exact) mass is 293 g/mol. The van der Waals surface area contributed by atoms with Crippen molar-refractivity contribution in [2.24, 2.45) is 5.73 Å². The molecule has 1 heterocycles. The molecule has 0 aliphatic heterocycles. The maximum atomic E-state index is 11.6. The van der Waals surface area contributed by atoms with Gasteiger partial charge in [0.2, 0.25) is 0 Å². The van der Waals surface area contributed by atoms with E-state index < -0.39 is 5.91 Å². The molecule has 0 saturated carbocycles. The van der Waals surface area contributed by atoms with Crippen molar-refractivity contribution in [1.82, 2.24) is 10.2 Å². The Hall–Kier alpha value is -3.08. The molecule has 3 N–H and O–H groups in total. The van der Waals surface area contributed by atoms with E-state index in [4.69, 9.17) is 10.5 Å². The molecule has 5 heteroatoms. The third-order valence-electron chi connectivity index (χ3n) is 3.32. The van der Waals surface area contributed by atoms with Gasteiger partial charge in [0.1, 0.15) is 12.4 Å². The van der Waals surface area contributed by atoms with Gasteiger partial charge in [-0.05, 0) is 23.3 Å². The summed E-state index contributed by atoms with van der Waals surface area (Å²) >= 11 is 0. The number of nitrogens with zero attached hydrogens (tertiary/aromatic N) is 1. The fourth-order valence-corrected chi connectivity index (χ4v) is 2.17. The van der Waals surface area contributed by atoms with E-state index in [9.17, 15) is 4.79 Å². The van der Waals surface area contributed by atoms with Gasteiger partial charge < -0.3 is 10.5 Å². The lowest BCUT2D eigenvalue weighted by atomic mass is 10.1. The lowest BCUT2D eigenvalue weighted by molar-refractivity contribution is 0.0996. The molecule has 0 unspecified atom stereocenters.